The van der Waals surface area contributed by atoms with Crippen molar-refractivity contribution in [1.29, 1.82) is 0 Å². The van der Waals surface area contributed by atoms with Gasteiger partial charge >= 0.3 is 0 Å². The molecule has 0 atom stereocenters. The van der Waals surface area contributed by atoms with Crippen molar-refractivity contribution in [2.75, 3.05) is 14.2 Å². The van der Waals surface area contributed by atoms with Crippen molar-refractivity contribution >= 4 is 27.7 Å². The van der Waals surface area contributed by atoms with Crippen LogP contribution in [0.3, 0.4) is 0 Å². The highest BCUT2D eigenvalue weighted by Gasteiger charge is 2.15. The number of ether oxygens (including phenoxy) is 3. The van der Waals surface area contributed by atoms with Crippen LogP contribution in [0.25, 0.3) is 21.8 Å². The SMILES string of the molecule is COc1cc2nccc(Oc3ccc4c(ccn4C(=O)Cc4ccc(F)cc4F)c3)c2cc1OC. The fourth-order valence-corrected chi connectivity index (χ4v) is 3.98. The minimum absolute atomic E-state index is 0.134. The van der Waals surface area contributed by atoms with E-state index in [2.05, 4.69) is 4.98 Å². The number of pyridine rings is 1. The minimum Gasteiger partial charge on any atom is -0.493 e. The predicted molar refractivity (Wildman–Crippen MR) is 128 cm³/mol. The summed E-state index contributed by atoms with van der Waals surface area (Å²) in [5.41, 5.74) is 1.47. The number of rotatable bonds is 6. The molecule has 0 spiro atoms. The van der Waals surface area contributed by atoms with E-state index >= 15 is 0 Å². The molecule has 0 unspecified atom stereocenters. The van der Waals surface area contributed by atoms with Gasteiger partial charge in [0.25, 0.3) is 0 Å². The van der Waals surface area contributed by atoms with Crippen LogP contribution in [0.4, 0.5) is 8.78 Å². The van der Waals surface area contributed by atoms with Gasteiger partial charge in [-0.25, -0.2) is 8.78 Å². The van der Waals surface area contributed by atoms with Crippen molar-refractivity contribution in [3.8, 4) is 23.0 Å². The zero-order chi connectivity index (χ0) is 24.5. The quantitative estimate of drug-likeness (QED) is 0.295. The van der Waals surface area contributed by atoms with Crippen molar-refractivity contribution in [2.45, 2.75) is 6.42 Å². The van der Waals surface area contributed by atoms with Gasteiger partial charge in [-0.15, -0.1) is 0 Å². The third kappa shape index (κ3) is 4.26. The second kappa shape index (κ2) is 9.06. The summed E-state index contributed by atoms with van der Waals surface area (Å²) in [6, 6.07) is 15.6. The molecular formula is C27H20F2N2O4. The molecule has 8 heteroatoms. The number of benzene rings is 3. The molecule has 2 aromatic heterocycles. The van der Waals surface area contributed by atoms with E-state index in [1.165, 1.54) is 10.6 Å². The summed E-state index contributed by atoms with van der Waals surface area (Å²) in [6.07, 6.45) is 3.07. The average molecular weight is 474 g/mol. The van der Waals surface area contributed by atoms with Crippen LogP contribution in [0.5, 0.6) is 23.0 Å². The Balaban J connectivity index is 1.43. The van der Waals surface area contributed by atoms with Crippen molar-refractivity contribution < 1.29 is 27.8 Å². The third-order valence-corrected chi connectivity index (χ3v) is 5.72. The van der Waals surface area contributed by atoms with Gasteiger partial charge < -0.3 is 14.2 Å². The normalized spacial score (nSPS) is 11.1. The molecule has 5 aromatic rings. The van der Waals surface area contributed by atoms with Crippen LogP contribution >= 0.6 is 0 Å². The lowest BCUT2D eigenvalue weighted by molar-refractivity contribution is 0.0918. The molecule has 35 heavy (non-hydrogen) atoms. The molecule has 0 aliphatic carbocycles. The topological polar surface area (TPSA) is 62.6 Å². The molecule has 0 saturated carbocycles. The summed E-state index contributed by atoms with van der Waals surface area (Å²) < 4.78 is 45.5. The molecule has 0 fully saturated rings. The molecule has 5 rings (SSSR count). The summed E-state index contributed by atoms with van der Waals surface area (Å²) in [6.45, 7) is 0. The van der Waals surface area contributed by atoms with Crippen LogP contribution in [0.2, 0.25) is 0 Å². The van der Waals surface area contributed by atoms with Gasteiger partial charge in [0.1, 0.15) is 23.1 Å². The maximum atomic E-state index is 14.0. The molecule has 3 aromatic carbocycles. The van der Waals surface area contributed by atoms with Gasteiger partial charge in [0.15, 0.2) is 11.5 Å². The van der Waals surface area contributed by atoms with Gasteiger partial charge in [0.05, 0.1) is 31.7 Å². The minimum atomic E-state index is -0.746. The summed E-state index contributed by atoms with van der Waals surface area (Å²) in [5, 5.41) is 1.52. The molecule has 176 valence electrons. The molecule has 0 saturated heterocycles. The standard InChI is InChI=1S/C27H20F2N2O4/c1-33-25-14-20-22(15-26(25)34-2)30-9-7-24(20)35-19-5-6-23-17(11-19)8-10-31(23)27(32)12-16-3-4-18(28)13-21(16)29/h3-11,13-15H,12H2,1-2H3. The maximum Gasteiger partial charge on any atom is 0.235 e. The molecule has 0 aliphatic heterocycles. The Kier molecular flexibility index (Phi) is 5.78. The molecule has 6 nitrogen and oxygen atoms in total. The first kappa shape index (κ1) is 22.3. The molecule has 0 aliphatic rings. The number of fused-ring (bicyclic) bond motifs is 2. The monoisotopic (exact) mass is 474 g/mol. The van der Waals surface area contributed by atoms with Gasteiger partial charge in [0.2, 0.25) is 5.91 Å². The molecule has 0 radical (unpaired) electrons. The number of aromatic nitrogens is 2. The van der Waals surface area contributed by atoms with Gasteiger partial charge in [-0.2, -0.15) is 0 Å². The Hall–Kier alpha value is -4.46. The van der Waals surface area contributed by atoms with E-state index in [1.54, 1.807) is 63.0 Å². The lowest BCUT2D eigenvalue weighted by atomic mass is 10.1. The Morgan fingerprint density at radius 3 is 2.49 bits per heavy atom. The van der Waals surface area contributed by atoms with Crippen LogP contribution in [0, 0.1) is 11.6 Å². The highest BCUT2D eigenvalue weighted by atomic mass is 19.1. The smallest absolute Gasteiger partial charge is 0.235 e. The predicted octanol–water partition coefficient (Wildman–Crippen LogP) is 6.16. The fourth-order valence-electron chi connectivity index (χ4n) is 3.98. The molecular weight excluding hydrogens is 454 g/mol. The van der Waals surface area contributed by atoms with Crippen molar-refractivity contribution in [3.05, 3.63) is 90.3 Å². The first-order chi connectivity index (χ1) is 17.0. The van der Waals surface area contributed by atoms with Crippen LogP contribution in [0.1, 0.15) is 10.4 Å². The van der Waals surface area contributed by atoms with Crippen molar-refractivity contribution in [1.82, 2.24) is 9.55 Å². The van der Waals surface area contributed by atoms with Crippen LogP contribution < -0.4 is 14.2 Å². The lowest BCUT2D eigenvalue weighted by Crippen LogP contribution is -2.13. The average Bonchev–Trinajstić information content (AvgIpc) is 3.28. The fraction of sp³-hybridized carbons (Fsp3) is 0.111. The van der Waals surface area contributed by atoms with Gasteiger partial charge in [0, 0.05) is 35.3 Å². The van der Waals surface area contributed by atoms with Crippen molar-refractivity contribution in [2.24, 2.45) is 0 Å². The van der Waals surface area contributed by atoms with E-state index in [9.17, 15) is 13.6 Å². The Bertz CT molecular complexity index is 1580. The van der Waals surface area contributed by atoms with Gasteiger partial charge in [-0.3, -0.25) is 14.3 Å². The van der Waals surface area contributed by atoms with E-state index in [0.717, 1.165) is 22.9 Å². The second-order valence-corrected chi connectivity index (χ2v) is 7.85. The highest BCUT2D eigenvalue weighted by Crippen LogP contribution is 2.37. The second-order valence-electron chi connectivity index (χ2n) is 7.85. The number of halogens is 2. The molecule has 2 heterocycles. The Morgan fingerprint density at radius 1 is 0.914 bits per heavy atom. The van der Waals surface area contributed by atoms with Crippen LogP contribution in [0.15, 0.2) is 73.1 Å². The Morgan fingerprint density at radius 2 is 1.71 bits per heavy atom. The zero-order valence-electron chi connectivity index (χ0n) is 18.9. The third-order valence-electron chi connectivity index (χ3n) is 5.72. The highest BCUT2D eigenvalue weighted by molar-refractivity contribution is 5.94. The van der Waals surface area contributed by atoms with Gasteiger partial charge in [-0.05, 0) is 48.0 Å². The van der Waals surface area contributed by atoms with Crippen molar-refractivity contribution in [3.63, 3.8) is 0 Å². The van der Waals surface area contributed by atoms with E-state index in [1.807, 2.05) is 6.07 Å². The molecule has 0 amide bonds. The zero-order valence-corrected chi connectivity index (χ0v) is 18.9. The van der Waals surface area contributed by atoms with Crippen LogP contribution in [-0.4, -0.2) is 29.7 Å². The first-order valence-corrected chi connectivity index (χ1v) is 10.7. The summed E-state index contributed by atoms with van der Waals surface area (Å²) in [4.78, 5) is 17.2. The first-order valence-electron chi connectivity index (χ1n) is 10.7. The number of methoxy groups -OCH3 is 2. The number of hydrogen-bond donors (Lipinski definition) is 0. The maximum absolute atomic E-state index is 14.0. The lowest BCUT2D eigenvalue weighted by Gasteiger charge is -2.12. The number of hydrogen-bond acceptors (Lipinski definition) is 5. The largest absolute Gasteiger partial charge is 0.493 e. The van der Waals surface area contributed by atoms with Crippen LogP contribution in [-0.2, 0) is 6.42 Å². The number of carbonyl (C=O) groups excluding carboxylic acids is 1. The van der Waals surface area contributed by atoms with E-state index in [0.29, 0.717) is 34.0 Å². The summed E-state index contributed by atoms with van der Waals surface area (Å²) in [5.74, 6) is 0.508. The number of carbonyl (C=O) groups is 1. The van der Waals surface area contributed by atoms with E-state index < -0.39 is 11.6 Å². The van der Waals surface area contributed by atoms with Gasteiger partial charge in [-0.1, -0.05) is 6.07 Å². The molecule has 0 N–H and O–H groups in total. The summed E-state index contributed by atoms with van der Waals surface area (Å²) in [7, 11) is 3.12. The van der Waals surface area contributed by atoms with E-state index in [4.69, 9.17) is 14.2 Å². The summed E-state index contributed by atoms with van der Waals surface area (Å²) >= 11 is 0. The number of nitrogens with zero attached hydrogens (tertiary/aromatic N) is 2. The Labute approximate surface area is 199 Å². The molecule has 0 bridgehead atoms. The van der Waals surface area contributed by atoms with E-state index in [-0.39, 0.29) is 17.9 Å².